The Hall–Kier alpha value is -3.36. The summed E-state index contributed by atoms with van der Waals surface area (Å²) in [5.74, 6) is -0.668. The Bertz CT molecular complexity index is 874. The van der Waals surface area contributed by atoms with E-state index in [2.05, 4.69) is 15.1 Å². The number of aryl methyl sites for hydroxylation is 1. The van der Waals surface area contributed by atoms with Gasteiger partial charge in [-0.3, -0.25) is 19.9 Å². The predicted octanol–water partition coefficient (Wildman–Crippen LogP) is 3.07. The lowest BCUT2D eigenvalue weighted by Gasteiger charge is -2.12. The van der Waals surface area contributed by atoms with Crippen molar-refractivity contribution in [2.45, 2.75) is 32.7 Å². The van der Waals surface area contributed by atoms with E-state index >= 15 is 0 Å². The van der Waals surface area contributed by atoms with Gasteiger partial charge in [-0.1, -0.05) is 13.3 Å². The SMILES string of the molecule is CCCC1=NN(c2ccc([N+](=O)[O-])cc2)C(=O)[C@@H]1C=NCCCn1ccnc1. The molecule has 9 heteroatoms. The lowest BCUT2D eigenvalue weighted by Crippen LogP contribution is -2.28. The van der Waals surface area contributed by atoms with E-state index in [0.29, 0.717) is 18.7 Å². The number of anilines is 1. The predicted molar refractivity (Wildman–Crippen MR) is 107 cm³/mol. The molecule has 0 N–H and O–H groups in total. The molecule has 1 aliphatic heterocycles. The van der Waals surface area contributed by atoms with Gasteiger partial charge in [-0.2, -0.15) is 10.1 Å². The summed E-state index contributed by atoms with van der Waals surface area (Å²) < 4.78 is 1.98. The zero-order valence-corrected chi connectivity index (χ0v) is 15.6. The molecule has 0 saturated heterocycles. The van der Waals surface area contributed by atoms with E-state index in [4.69, 9.17) is 0 Å². The molecule has 0 spiro atoms. The van der Waals surface area contributed by atoms with Crippen molar-refractivity contribution in [3.05, 3.63) is 53.1 Å². The Labute approximate surface area is 162 Å². The highest BCUT2D eigenvalue weighted by Crippen LogP contribution is 2.26. The standard InChI is InChI=1S/C19H22N6O3/c1-2-4-18-17(13-20-9-3-11-23-12-10-21-14-23)19(26)24(22-18)15-5-7-16(8-6-15)25(27)28/h5-8,10,12-14,17H,2-4,9,11H2,1H3/t17-/m1/s1. The number of hydrazone groups is 1. The van der Waals surface area contributed by atoms with E-state index in [9.17, 15) is 14.9 Å². The van der Waals surface area contributed by atoms with Crippen LogP contribution >= 0.6 is 0 Å². The van der Waals surface area contributed by atoms with Crippen LogP contribution in [0.1, 0.15) is 26.2 Å². The van der Waals surface area contributed by atoms with Crippen LogP contribution in [-0.2, 0) is 11.3 Å². The lowest BCUT2D eigenvalue weighted by atomic mass is 10.0. The fourth-order valence-electron chi connectivity index (χ4n) is 2.97. The molecule has 1 aliphatic rings. The molecule has 1 aromatic heterocycles. The molecule has 9 nitrogen and oxygen atoms in total. The fraction of sp³-hybridized carbons (Fsp3) is 0.368. The average Bonchev–Trinajstić information content (AvgIpc) is 3.31. The molecule has 1 atom stereocenters. The molecule has 2 heterocycles. The monoisotopic (exact) mass is 382 g/mol. The van der Waals surface area contributed by atoms with E-state index < -0.39 is 10.8 Å². The molecule has 0 unspecified atom stereocenters. The number of nitro groups is 1. The highest BCUT2D eigenvalue weighted by molar-refractivity contribution is 6.24. The van der Waals surface area contributed by atoms with Crippen molar-refractivity contribution < 1.29 is 9.72 Å². The van der Waals surface area contributed by atoms with E-state index in [1.807, 2.05) is 17.7 Å². The van der Waals surface area contributed by atoms with Gasteiger partial charge < -0.3 is 4.57 Å². The molecule has 0 bridgehead atoms. The molecular weight excluding hydrogens is 360 g/mol. The summed E-state index contributed by atoms with van der Waals surface area (Å²) in [4.78, 5) is 31.6. The number of hydrogen-bond donors (Lipinski definition) is 0. The van der Waals surface area contributed by atoms with Crippen molar-refractivity contribution in [2.24, 2.45) is 16.0 Å². The van der Waals surface area contributed by atoms with Crippen LogP contribution in [0.3, 0.4) is 0 Å². The van der Waals surface area contributed by atoms with Crippen molar-refractivity contribution in [3.8, 4) is 0 Å². The first-order valence-electron chi connectivity index (χ1n) is 9.21. The second-order valence-electron chi connectivity index (χ2n) is 6.45. The Morgan fingerprint density at radius 3 is 2.75 bits per heavy atom. The number of non-ortho nitro benzene ring substituents is 1. The molecule has 0 aliphatic carbocycles. The van der Waals surface area contributed by atoms with Crippen LogP contribution in [0.4, 0.5) is 11.4 Å². The first kappa shape index (κ1) is 19.4. The van der Waals surface area contributed by atoms with E-state index in [0.717, 1.165) is 25.1 Å². The number of nitro benzene ring substituents is 1. The number of nitrogens with zero attached hydrogens (tertiary/aromatic N) is 6. The third kappa shape index (κ3) is 4.48. The Morgan fingerprint density at radius 1 is 1.32 bits per heavy atom. The molecule has 0 fully saturated rings. The van der Waals surface area contributed by atoms with Gasteiger partial charge in [0, 0.05) is 43.8 Å². The van der Waals surface area contributed by atoms with Gasteiger partial charge in [-0.15, -0.1) is 0 Å². The summed E-state index contributed by atoms with van der Waals surface area (Å²) in [6, 6.07) is 5.81. The van der Waals surface area contributed by atoms with Gasteiger partial charge in [-0.25, -0.2) is 4.98 Å². The van der Waals surface area contributed by atoms with Crippen molar-refractivity contribution in [3.63, 3.8) is 0 Å². The summed E-state index contributed by atoms with van der Waals surface area (Å²) >= 11 is 0. The Morgan fingerprint density at radius 2 is 2.11 bits per heavy atom. The highest BCUT2D eigenvalue weighted by Gasteiger charge is 2.35. The molecule has 2 aromatic rings. The van der Waals surface area contributed by atoms with Gasteiger partial charge in [0.25, 0.3) is 11.6 Å². The van der Waals surface area contributed by atoms with Gasteiger partial charge >= 0.3 is 0 Å². The summed E-state index contributed by atoms with van der Waals surface area (Å²) in [5, 5.41) is 16.6. The van der Waals surface area contributed by atoms with Crippen LogP contribution in [0.2, 0.25) is 0 Å². The largest absolute Gasteiger partial charge is 0.337 e. The van der Waals surface area contributed by atoms with Crippen LogP contribution in [0.5, 0.6) is 0 Å². The lowest BCUT2D eigenvalue weighted by molar-refractivity contribution is -0.384. The molecule has 146 valence electrons. The van der Waals surface area contributed by atoms with E-state index in [1.165, 1.54) is 29.3 Å². The topological polar surface area (TPSA) is 106 Å². The Balaban J connectivity index is 1.65. The number of benzene rings is 1. The average molecular weight is 382 g/mol. The number of carbonyl (C=O) groups is 1. The summed E-state index contributed by atoms with van der Waals surface area (Å²) in [5.41, 5.74) is 1.26. The summed E-state index contributed by atoms with van der Waals surface area (Å²) in [6.45, 7) is 3.46. The molecule has 0 saturated carbocycles. The van der Waals surface area contributed by atoms with Crippen molar-refractivity contribution in [1.82, 2.24) is 9.55 Å². The highest BCUT2D eigenvalue weighted by atomic mass is 16.6. The first-order valence-corrected chi connectivity index (χ1v) is 9.21. The van der Waals surface area contributed by atoms with Crippen LogP contribution < -0.4 is 5.01 Å². The van der Waals surface area contributed by atoms with Crippen molar-refractivity contribution >= 4 is 29.2 Å². The summed E-state index contributed by atoms with van der Waals surface area (Å²) in [6.07, 6.45) is 9.49. The third-order valence-corrected chi connectivity index (χ3v) is 4.39. The minimum Gasteiger partial charge on any atom is -0.337 e. The molecule has 1 amide bonds. The maximum absolute atomic E-state index is 12.8. The van der Waals surface area contributed by atoms with Gasteiger partial charge in [0.1, 0.15) is 5.92 Å². The quantitative estimate of drug-likeness (QED) is 0.287. The van der Waals surface area contributed by atoms with Crippen LogP contribution in [0.25, 0.3) is 0 Å². The van der Waals surface area contributed by atoms with Crippen LogP contribution in [-0.4, -0.2) is 38.9 Å². The fourth-order valence-corrected chi connectivity index (χ4v) is 2.97. The van der Waals surface area contributed by atoms with Crippen molar-refractivity contribution in [2.75, 3.05) is 11.6 Å². The summed E-state index contributed by atoms with van der Waals surface area (Å²) in [7, 11) is 0. The number of rotatable bonds is 9. The van der Waals surface area contributed by atoms with Crippen LogP contribution in [0.15, 0.2) is 53.1 Å². The molecule has 0 radical (unpaired) electrons. The zero-order valence-electron chi connectivity index (χ0n) is 15.6. The number of aliphatic imine (C=N–C) groups is 1. The first-order chi connectivity index (χ1) is 13.6. The Kier molecular flexibility index (Phi) is 6.25. The second kappa shape index (κ2) is 9.03. The number of hydrogen-bond acceptors (Lipinski definition) is 6. The molecule has 1 aromatic carbocycles. The van der Waals surface area contributed by atoms with Gasteiger partial charge in [-0.05, 0) is 25.0 Å². The van der Waals surface area contributed by atoms with Gasteiger partial charge in [0.15, 0.2) is 0 Å². The minimum atomic E-state index is -0.483. The van der Waals surface area contributed by atoms with Crippen molar-refractivity contribution in [1.29, 1.82) is 0 Å². The second-order valence-corrected chi connectivity index (χ2v) is 6.45. The molecule has 28 heavy (non-hydrogen) atoms. The van der Waals surface area contributed by atoms with Crippen LogP contribution in [0, 0.1) is 16.0 Å². The third-order valence-electron chi connectivity index (χ3n) is 4.39. The van der Waals surface area contributed by atoms with Gasteiger partial charge in [0.2, 0.25) is 0 Å². The number of imidazole rings is 1. The smallest absolute Gasteiger partial charge is 0.269 e. The van der Waals surface area contributed by atoms with E-state index in [-0.39, 0.29) is 11.6 Å². The normalized spacial score (nSPS) is 16.8. The molecule has 3 rings (SSSR count). The maximum atomic E-state index is 12.8. The van der Waals surface area contributed by atoms with Gasteiger partial charge in [0.05, 0.1) is 22.6 Å². The number of amides is 1. The zero-order chi connectivity index (χ0) is 19.9. The number of aromatic nitrogens is 2. The number of carbonyl (C=O) groups excluding carboxylic acids is 1. The minimum absolute atomic E-state index is 0.0239. The molecular formula is C19H22N6O3. The maximum Gasteiger partial charge on any atom is 0.269 e. The van der Waals surface area contributed by atoms with E-state index in [1.54, 1.807) is 18.7 Å².